The van der Waals surface area contributed by atoms with E-state index in [-0.39, 0.29) is 24.0 Å². The van der Waals surface area contributed by atoms with Crippen molar-refractivity contribution in [3.63, 3.8) is 0 Å². The van der Waals surface area contributed by atoms with Crippen LogP contribution < -0.4 is 10.6 Å². The van der Waals surface area contributed by atoms with E-state index in [4.69, 9.17) is 4.74 Å². The van der Waals surface area contributed by atoms with Gasteiger partial charge in [-0.1, -0.05) is 12.1 Å². The normalized spacial score (nSPS) is 19.7. The highest BCUT2D eigenvalue weighted by Gasteiger charge is 2.29. The second-order valence-electron chi connectivity index (χ2n) is 5.43. The Hall–Kier alpha value is -1.53. The molecule has 1 saturated heterocycles. The van der Waals surface area contributed by atoms with E-state index in [0.717, 1.165) is 25.5 Å². The molecule has 1 aromatic carbocycles. The lowest BCUT2D eigenvalue weighted by Crippen LogP contribution is -2.36. The number of benzene rings is 1. The maximum absolute atomic E-state index is 14.1. The van der Waals surface area contributed by atoms with Crippen LogP contribution in [-0.4, -0.2) is 32.1 Å². The Morgan fingerprint density at radius 3 is 3.00 bits per heavy atom. The number of nitrogens with one attached hydrogen (secondary N) is 2. The number of hydrogen-bond acceptors (Lipinski definition) is 3. The zero-order valence-corrected chi connectivity index (χ0v) is 12.7. The minimum atomic E-state index is -0.895. The summed E-state index contributed by atoms with van der Waals surface area (Å²) in [5.41, 5.74) is 0.179. The van der Waals surface area contributed by atoms with E-state index in [1.807, 2.05) is 6.92 Å². The number of likely N-dealkylation sites (N-methyl/N-ethyl adjacent to an activating group) is 1. The molecule has 6 heteroatoms. The Balaban J connectivity index is 2.16. The second kappa shape index (κ2) is 8.19. The summed E-state index contributed by atoms with van der Waals surface area (Å²) in [6.07, 6.45) is 1.16. The molecule has 22 heavy (non-hydrogen) atoms. The van der Waals surface area contributed by atoms with E-state index in [1.54, 1.807) is 0 Å². The molecule has 2 N–H and O–H groups in total. The molecule has 4 nitrogen and oxygen atoms in total. The summed E-state index contributed by atoms with van der Waals surface area (Å²) in [7, 11) is 0. The van der Waals surface area contributed by atoms with E-state index < -0.39 is 17.7 Å². The van der Waals surface area contributed by atoms with Gasteiger partial charge in [0.15, 0.2) is 11.6 Å². The Bertz CT molecular complexity index is 505. The quantitative estimate of drug-likeness (QED) is 0.846. The summed E-state index contributed by atoms with van der Waals surface area (Å²) in [6.45, 7) is 3.73. The van der Waals surface area contributed by atoms with Crippen molar-refractivity contribution < 1.29 is 18.3 Å². The lowest BCUT2D eigenvalue weighted by molar-refractivity contribution is -0.129. The molecule has 0 spiro atoms. The molecule has 0 aromatic heterocycles. The van der Waals surface area contributed by atoms with Crippen LogP contribution in [0.5, 0.6) is 0 Å². The van der Waals surface area contributed by atoms with E-state index in [2.05, 4.69) is 10.6 Å². The smallest absolute Gasteiger partial charge is 0.246 e. The van der Waals surface area contributed by atoms with Gasteiger partial charge in [0.2, 0.25) is 5.91 Å². The Labute approximate surface area is 129 Å². The lowest BCUT2D eigenvalue weighted by Gasteiger charge is -2.31. The van der Waals surface area contributed by atoms with Crippen LogP contribution in [0, 0.1) is 17.6 Å². The van der Waals surface area contributed by atoms with E-state index >= 15 is 0 Å². The number of piperidine rings is 1. The van der Waals surface area contributed by atoms with Crippen LogP contribution in [0.15, 0.2) is 18.2 Å². The molecule has 2 unspecified atom stereocenters. The summed E-state index contributed by atoms with van der Waals surface area (Å²) >= 11 is 0. The summed E-state index contributed by atoms with van der Waals surface area (Å²) in [4.78, 5) is 11.6. The minimum Gasteiger partial charge on any atom is -0.363 e. The van der Waals surface area contributed by atoms with Crippen molar-refractivity contribution in [3.05, 3.63) is 35.4 Å². The SMILES string of the molecule is CCNC(=O)COC(c1cccc(F)c1F)C1CCCNC1. The number of rotatable bonds is 6. The summed E-state index contributed by atoms with van der Waals surface area (Å²) in [5, 5.41) is 5.87. The highest BCUT2D eigenvalue weighted by Crippen LogP contribution is 2.32. The Morgan fingerprint density at radius 2 is 2.32 bits per heavy atom. The van der Waals surface area contributed by atoms with E-state index in [0.29, 0.717) is 13.1 Å². The van der Waals surface area contributed by atoms with E-state index in [9.17, 15) is 13.6 Å². The van der Waals surface area contributed by atoms with Crippen LogP contribution in [-0.2, 0) is 9.53 Å². The Kier molecular flexibility index (Phi) is 6.27. The van der Waals surface area contributed by atoms with Gasteiger partial charge in [-0.15, -0.1) is 0 Å². The van der Waals surface area contributed by atoms with Crippen molar-refractivity contribution in [2.75, 3.05) is 26.2 Å². The molecule has 2 rings (SSSR count). The first-order chi connectivity index (χ1) is 10.6. The third-order valence-electron chi connectivity index (χ3n) is 3.82. The number of hydrogen-bond donors (Lipinski definition) is 2. The largest absolute Gasteiger partial charge is 0.363 e. The van der Waals surface area contributed by atoms with Gasteiger partial charge in [-0.25, -0.2) is 8.78 Å². The standard InChI is InChI=1S/C16H22F2N2O2/c1-2-20-14(21)10-22-16(11-5-4-8-19-9-11)12-6-3-7-13(17)15(12)18/h3,6-7,11,16,19H,2,4-5,8-10H2,1H3,(H,20,21). The maximum atomic E-state index is 14.1. The van der Waals surface area contributed by atoms with Gasteiger partial charge in [0.1, 0.15) is 6.61 Å². The van der Waals surface area contributed by atoms with Gasteiger partial charge < -0.3 is 15.4 Å². The second-order valence-corrected chi connectivity index (χ2v) is 5.43. The number of ether oxygens (including phenoxy) is 1. The highest BCUT2D eigenvalue weighted by atomic mass is 19.2. The average Bonchev–Trinajstić information content (AvgIpc) is 2.53. The van der Waals surface area contributed by atoms with Gasteiger partial charge >= 0.3 is 0 Å². The molecular weight excluding hydrogens is 290 g/mol. The van der Waals surface area contributed by atoms with Gasteiger partial charge in [-0.05, 0) is 32.4 Å². The first-order valence-corrected chi connectivity index (χ1v) is 7.66. The van der Waals surface area contributed by atoms with Crippen LogP contribution in [0.25, 0.3) is 0 Å². The molecule has 1 aliphatic heterocycles. The molecule has 1 aromatic rings. The van der Waals surface area contributed by atoms with Crippen molar-refractivity contribution in [3.8, 4) is 0 Å². The number of carbonyl (C=O) groups is 1. The minimum absolute atomic E-state index is 0.0134. The molecule has 0 saturated carbocycles. The van der Waals surface area contributed by atoms with Crippen LogP contribution in [0.1, 0.15) is 31.4 Å². The third kappa shape index (κ3) is 4.24. The van der Waals surface area contributed by atoms with Gasteiger partial charge in [0.25, 0.3) is 0 Å². The van der Waals surface area contributed by atoms with Crippen LogP contribution >= 0.6 is 0 Å². The number of halogens is 2. The number of amides is 1. The topological polar surface area (TPSA) is 50.4 Å². The van der Waals surface area contributed by atoms with Crippen molar-refractivity contribution >= 4 is 5.91 Å². The van der Waals surface area contributed by atoms with E-state index in [1.165, 1.54) is 12.1 Å². The van der Waals surface area contributed by atoms with Crippen LogP contribution in [0.3, 0.4) is 0 Å². The summed E-state index contributed by atoms with van der Waals surface area (Å²) in [6, 6.07) is 4.07. The predicted octanol–water partition coefficient (Wildman–Crippen LogP) is 2.16. The maximum Gasteiger partial charge on any atom is 0.246 e. The van der Waals surface area contributed by atoms with Gasteiger partial charge in [-0.3, -0.25) is 4.79 Å². The molecule has 0 bridgehead atoms. The fourth-order valence-electron chi connectivity index (χ4n) is 2.77. The number of carbonyl (C=O) groups excluding carboxylic acids is 1. The Morgan fingerprint density at radius 1 is 1.50 bits per heavy atom. The molecule has 122 valence electrons. The molecule has 1 heterocycles. The molecule has 2 atom stereocenters. The molecule has 0 aliphatic carbocycles. The van der Waals surface area contributed by atoms with Crippen molar-refractivity contribution in [2.24, 2.45) is 5.92 Å². The van der Waals surface area contributed by atoms with Gasteiger partial charge in [0.05, 0.1) is 6.10 Å². The first kappa shape index (κ1) is 16.8. The zero-order chi connectivity index (χ0) is 15.9. The lowest BCUT2D eigenvalue weighted by atomic mass is 9.89. The predicted molar refractivity (Wildman–Crippen MR) is 79.3 cm³/mol. The van der Waals surface area contributed by atoms with Crippen LogP contribution in [0.2, 0.25) is 0 Å². The zero-order valence-electron chi connectivity index (χ0n) is 12.7. The molecular formula is C16H22F2N2O2. The fraction of sp³-hybridized carbons (Fsp3) is 0.562. The molecule has 1 aliphatic rings. The average molecular weight is 312 g/mol. The molecule has 1 fully saturated rings. The monoisotopic (exact) mass is 312 g/mol. The van der Waals surface area contributed by atoms with Gasteiger partial charge in [0, 0.05) is 24.6 Å². The third-order valence-corrected chi connectivity index (χ3v) is 3.82. The van der Waals surface area contributed by atoms with Gasteiger partial charge in [-0.2, -0.15) is 0 Å². The highest BCUT2D eigenvalue weighted by molar-refractivity contribution is 5.77. The van der Waals surface area contributed by atoms with Crippen molar-refractivity contribution in [1.29, 1.82) is 0 Å². The summed E-state index contributed by atoms with van der Waals surface area (Å²) in [5.74, 6) is -2.03. The summed E-state index contributed by atoms with van der Waals surface area (Å²) < 4.78 is 33.3. The molecule has 1 amide bonds. The molecule has 0 radical (unpaired) electrons. The van der Waals surface area contributed by atoms with Crippen molar-refractivity contribution in [1.82, 2.24) is 10.6 Å². The van der Waals surface area contributed by atoms with Crippen LogP contribution in [0.4, 0.5) is 8.78 Å². The van der Waals surface area contributed by atoms with Crippen molar-refractivity contribution in [2.45, 2.75) is 25.9 Å². The fourth-order valence-corrected chi connectivity index (χ4v) is 2.77. The first-order valence-electron chi connectivity index (χ1n) is 7.66.